The van der Waals surface area contributed by atoms with E-state index in [1.807, 2.05) is 6.92 Å². The molecule has 1 aliphatic heterocycles. The second-order valence-electron chi connectivity index (χ2n) is 3.36. The van der Waals surface area contributed by atoms with Crippen molar-refractivity contribution in [2.24, 2.45) is 5.92 Å². The highest BCUT2D eigenvalue weighted by molar-refractivity contribution is 5.79. The van der Waals surface area contributed by atoms with Gasteiger partial charge >= 0.3 is 0 Å². The monoisotopic (exact) mass is 168 g/mol. The summed E-state index contributed by atoms with van der Waals surface area (Å²) in [4.78, 5) is 11.4. The van der Waals surface area contributed by atoms with E-state index in [1.165, 1.54) is 0 Å². The van der Waals surface area contributed by atoms with Gasteiger partial charge in [0.1, 0.15) is 0 Å². The molecule has 1 amide bonds. The van der Waals surface area contributed by atoms with Crippen LogP contribution in [0.25, 0.3) is 0 Å². The Bertz CT molecular complexity index is 183. The van der Waals surface area contributed by atoms with Gasteiger partial charge in [0.05, 0.1) is 5.92 Å². The van der Waals surface area contributed by atoms with Crippen LogP contribution in [0.2, 0.25) is 0 Å². The molecule has 2 N–H and O–H groups in total. The molecule has 1 aliphatic rings. The van der Waals surface area contributed by atoms with Gasteiger partial charge in [-0.15, -0.1) is 0 Å². The molecule has 0 aromatic heterocycles. The number of rotatable bonds is 3. The fourth-order valence-electron chi connectivity index (χ4n) is 1.26. The van der Waals surface area contributed by atoms with Gasteiger partial charge in [0, 0.05) is 13.1 Å². The van der Waals surface area contributed by atoms with Gasteiger partial charge in [-0.2, -0.15) is 0 Å². The molecule has 1 atom stereocenters. The topological polar surface area (TPSA) is 41.1 Å². The molecule has 68 valence electrons. The van der Waals surface area contributed by atoms with Crippen molar-refractivity contribution in [1.29, 1.82) is 0 Å². The number of carbonyl (C=O) groups excluding carboxylic acids is 1. The standard InChI is InChI=1S/C9H16N2O/c1-7(2)5-11-9(12)8-3-4-10-6-8/h8,10H,1,3-6H2,2H3,(H,11,12). The van der Waals surface area contributed by atoms with Crippen LogP contribution >= 0.6 is 0 Å². The first-order chi connectivity index (χ1) is 5.70. The molecule has 1 fully saturated rings. The van der Waals surface area contributed by atoms with Gasteiger partial charge in [0.25, 0.3) is 0 Å². The average Bonchev–Trinajstić information content (AvgIpc) is 2.51. The van der Waals surface area contributed by atoms with Crippen LogP contribution in [-0.4, -0.2) is 25.5 Å². The Morgan fingerprint density at radius 2 is 2.50 bits per heavy atom. The van der Waals surface area contributed by atoms with Gasteiger partial charge in [-0.3, -0.25) is 4.79 Å². The lowest BCUT2D eigenvalue weighted by molar-refractivity contribution is -0.124. The predicted molar refractivity (Wildman–Crippen MR) is 48.8 cm³/mol. The summed E-state index contributed by atoms with van der Waals surface area (Å²) in [6.07, 6.45) is 0.960. The number of nitrogens with one attached hydrogen (secondary N) is 2. The Hall–Kier alpha value is -0.830. The molecule has 1 unspecified atom stereocenters. The summed E-state index contributed by atoms with van der Waals surface area (Å²) in [6.45, 7) is 8.02. The van der Waals surface area contributed by atoms with Crippen molar-refractivity contribution in [2.75, 3.05) is 19.6 Å². The zero-order valence-corrected chi connectivity index (χ0v) is 7.52. The SMILES string of the molecule is C=C(C)CNC(=O)C1CCNC1. The van der Waals surface area contributed by atoms with Crippen LogP contribution in [0, 0.1) is 5.92 Å². The average molecular weight is 168 g/mol. The van der Waals surface area contributed by atoms with E-state index in [0.29, 0.717) is 6.54 Å². The smallest absolute Gasteiger partial charge is 0.224 e. The van der Waals surface area contributed by atoms with Crippen LogP contribution in [0.3, 0.4) is 0 Å². The van der Waals surface area contributed by atoms with Gasteiger partial charge in [-0.25, -0.2) is 0 Å². The Kier molecular flexibility index (Phi) is 3.29. The van der Waals surface area contributed by atoms with E-state index in [2.05, 4.69) is 17.2 Å². The summed E-state index contributed by atoms with van der Waals surface area (Å²) in [6, 6.07) is 0. The zero-order valence-electron chi connectivity index (χ0n) is 7.52. The summed E-state index contributed by atoms with van der Waals surface area (Å²) in [5.41, 5.74) is 0.995. The van der Waals surface area contributed by atoms with Gasteiger partial charge < -0.3 is 10.6 Å². The van der Waals surface area contributed by atoms with Gasteiger partial charge in [-0.05, 0) is 19.9 Å². The number of amides is 1. The normalized spacial score (nSPS) is 22.2. The fourth-order valence-corrected chi connectivity index (χ4v) is 1.26. The van der Waals surface area contributed by atoms with E-state index in [-0.39, 0.29) is 11.8 Å². The lowest BCUT2D eigenvalue weighted by atomic mass is 10.1. The molecule has 12 heavy (non-hydrogen) atoms. The van der Waals surface area contributed by atoms with E-state index in [0.717, 1.165) is 25.1 Å². The molecule has 3 heteroatoms. The van der Waals surface area contributed by atoms with E-state index in [1.54, 1.807) is 0 Å². The minimum absolute atomic E-state index is 0.156. The lowest BCUT2D eigenvalue weighted by Crippen LogP contribution is -2.32. The van der Waals surface area contributed by atoms with E-state index in [4.69, 9.17) is 0 Å². The molecule has 1 saturated heterocycles. The molecule has 0 aliphatic carbocycles. The molecule has 1 heterocycles. The second-order valence-corrected chi connectivity index (χ2v) is 3.36. The number of carbonyl (C=O) groups is 1. The van der Waals surface area contributed by atoms with Gasteiger partial charge in [0.15, 0.2) is 0 Å². The summed E-state index contributed by atoms with van der Waals surface area (Å²) >= 11 is 0. The van der Waals surface area contributed by atoms with Crippen LogP contribution in [-0.2, 0) is 4.79 Å². The minimum atomic E-state index is 0.156. The molecular formula is C9H16N2O. The Morgan fingerprint density at radius 3 is 3.00 bits per heavy atom. The summed E-state index contributed by atoms with van der Waals surface area (Å²) in [7, 11) is 0. The third kappa shape index (κ3) is 2.66. The maximum absolute atomic E-state index is 11.4. The van der Waals surface area contributed by atoms with Crippen molar-refractivity contribution in [3.8, 4) is 0 Å². The lowest BCUT2D eigenvalue weighted by Gasteiger charge is -2.08. The molecule has 0 spiro atoms. The first kappa shape index (κ1) is 9.26. The van der Waals surface area contributed by atoms with E-state index >= 15 is 0 Å². The molecule has 0 radical (unpaired) electrons. The van der Waals surface area contributed by atoms with Crippen molar-refractivity contribution in [2.45, 2.75) is 13.3 Å². The van der Waals surface area contributed by atoms with Gasteiger partial charge in [0.2, 0.25) is 5.91 Å². The number of hydrogen-bond acceptors (Lipinski definition) is 2. The predicted octanol–water partition coefficient (Wildman–Crippen LogP) is 0.288. The van der Waals surface area contributed by atoms with Crippen molar-refractivity contribution < 1.29 is 4.79 Å². The van der Waals surface area contributed by atoms with Crippen molar-refractivity contribution in [3.05, 3.63) is 12.2 Å². The van der Waals surface area contributed by atoms with Gasteiger partial charge in [-0.1, -0.05) is 12.2 Å². The third-order valence-corrected chi connectivity index (χ3v) is 2.00. The van der Waals surface area contributed by atoms with Crippen molar-refractivity contribution in [3.63, 3.8) is 0 Å². The fraction of sp³-hybridized carbons (Fsp3) is 0.667. The van der Waals surface area contributed by atoms with Crippen LogP contribution in [0.4, 0.5) is 0 Å². The second kappa shape index (κ2) is 4.26. The van der Waals surface area contributed by atoms with E-state index in [9.17, 15) is 4.79 Å². The maximum atomic E-state index is 11.4. The highest BCUT2D eigenvalue weighted by Gasteiger charge is 2.21. The summed E-state index contributed by atoms with van der Waals surface area (Å²) in [5.74, 6) is 0.326. The Labute approximate surface area is 73.2 Å². The largest absolute Gasteiger partial charge is 0.352 e. The molecule has 3 nitrogen and oxygen atoms in total. The molecule has 0 aromatic rings. The first-order valence-corrected chi connectivity index (χ1v) is 4.33. The molecular weight excluding hydrogens is 152 g/mol. The number of hydrogen-bond donors (Lipinski definition) is 2. The molecule has 1 rings (SSSR count). The Morgan fingerprint density at radius 1 is 1.75 bits per heavy atom. The summed E-state index contributed by atoms with van der Waals surface area (Å²) < 4.78 is 0. The van der Waals surface area contributed by atoms with Crippen LogP contribution in [0.5, 0.6) is 0 Å². The zero-order chi connectivity index (χ0) is 8.97. The highest BCUT2D eigenvalue weighted by Crippen LogP contribution is 2.06. The van der Waals surface area contributed by atoms with Crippen LogP contribution < -0.4 is 10.6 Å². The van der Waals surface area contributed by atoms with Crippen molar-refractivity contribution in [1.82, 2.24) is 10.6 Å². The molecule has 0 bridgehead atoms. The minimum Gasteiger partial charge on any atom is -0.352 e. The van der Waals surface area contributed by atoms with Crippen LogP contribution in [0.1, 0.15) is 13.3 Å². The summed E-state index contributed by atoms with van der Waals surface area (Å²) in [5, 5.41) is 6.00. The van der Waals surface area contributed by atoms with E-state index < -0.39 is 0 Å². The van der Waals surface area contributed by atoms with Crippen molar-refractivity contribution >= 4 is 5.91 Å². The molecule has 0 aromatic carbocycles. The third-order valence-electron chi connectivity index (χ3n) is 2.00. The highest BCUT2D eigenvalue weighted by atomic mass is 16.1. The van der Waals surface area contributed by atoms with Crippen LogP contribution in [0.15, 0.2) is 12.2 Å². The Balaban J connectivity index is 2.23. The quantitative estimate of drug-likeness (QED) is 0.595. The molecule has 0 saturated carbocycles. The first-order valence-electron chi connectivity index (χ1n) is 4.33. The maximum Gasteiger partial charge on any atom is 0.224 e.